The van der Waals surface area contributed by atoms with E-state index in [1.165, 1.54) is 19.3 Å². The Morgan fingerprint density at radius 1 is 1.35 bits per heavy atom. The van der Waals surface area contributed by atoms with E-state index in [0.717, 1.165) is 19.3 Å². The summed E-state index contributed by atoms with van der Waals surface area (Å²) in [5.74, 6) is 0.644. The lowest BCUT2D eigenvalue weighted by Crippen LogP contribution is -2.46. The molecular weight excluding hydrogens is 236 g/mol. The number of nitrogens with one attached hydrogen (secondary N) is 2. The van der Waals surface area contributed by atoms with E-state index in [1.54, 1.807) is 6.26 Å². The van der Waals surface area contributed by atoms with Crippen LogP contribution in [-0.2, 0) is 10.8 Å². The van der Waals surface area contributed by atoms with Crippen LogP contribution in [0.4, 0.5) is 4.79 Å². The smallest absolute Gasteiger partial charge is 0.315 e. The Bertz CT molecular complexity index is 265. The molecule has 2 N–H and O–H groups in total. The lowest BCUT2D eigenvalue weighted by molar-refractivity contribution is 0.229. The quantitative estimate of drug-likeness (QED) is 0.791. The van der Waals surface area contributed by atoms with Gasteiger partial charge in [-0.3, -0.25) is 4.21 Å². The van der Waals surface area contributed by atoms with Crippen LogP contribution < -0.4 is 10.6 Å². The molecule has 100 valence electrons. The molecule has 4 nitrogen and oxygen atoms in total. The van der Waals surface area contributed by atoms with Crippen molar-refractivity contribution in [1.29, 1.82) is 0 Å². The van der Waals surface area contributed by atoms with Crippen molar-refractivity contribution in [2.45, 2.75) is 57.5 Å². The molecule has 0 aromatic carbocycles. The average Bonchev–Trinajstić information content (AvgIpc) is 2.27. The third kappa shape index (κ3) is 6.66. The van der Waals surface area contributed by atoms with Crippen molar-refractivity contribution in [2.75, 3.05) is 12.0 Å². The molecule has 2 atom stereocenters. The van der Waals surface area contributed by atoms with Gasteiger partial charge in [0.05, 0.1) is 0 Å². The van der Waals surface area contributed by atoms with Crippen LogP contribution in [0.5, 0.6) is 0 Å². The molecule has 0 radical (unpaired) electrons. The van der Waals surface area contributed by atoms with Crippen molar-refractivity contribution < 1.29 is 9.00 Å². The summed E-state index contributed by atoms with van der Waals surface area (Å²) in [6, 6.07) is 0.352. The molecule has 5 heteroatoms. The Balaban J connectivity index is 2.16. The minimum Gasteiger partial charge on any atom is -0.336 e. The molecule has 1 aliphatic rings. The van der Waals surface area contributed by atoms with Crippen molar-refractivity contribution >= 4 is 16.8 Å². The number of amides is 2. The van der Waals surface area contributed by atoms with E-state index in [2.05, 4.69) is 10.6 Å². The molecule has 1 saturated carbocycles. The maximum Gasteiger partial charge on any atom is 0.315 e. The largest absolute Gasteiger partial charge is 0.336 e. The standard InChI is InChI=1S/C12H24N2O2S/c1-10(8-9-17(2)16)13-12(15)14-11-6-4-3-5-7-11/h10-11H,3-9H2,1-2H3,(H2,13,14,15). The minimum atomic E-state index is -0.779. The van der Waals surface area contributed by atoms with Crippen molar-refractivity contribution in [3.05, 3.63) is 0 Å². The zero-order valence-electron chi connectivity index (χ0n) is 10.8. The van der Waals surface area contributed by atoms with Gasteiger partial charge in [-0.1, -0.05) is 19.3 Å². The summed E-state index contributed by atoms with van der Waals surface area (Å²) < 4.78 is 10.9. The summed E-state index contributed by atoms with van der Waals surface area (Å²) in [5, 5.41) is 5.91. The van der Waals surface area contributed by atoms with Crippen molar-refractivity contribution in [2.24, 2.45) is 0 Å². The van der Waals surface area contributed by atoms with Crippen LogP contribution in [0.15, 0.2) is 0 Å². The van der Waals surface area contributed by atoms with Gasteiger partial charge in [-0.15, -0.1) is 0 Å². The number of rotatable bonds is 5. The summed E-state index contributed by atoms with van der Waals surface area (Å²) in [6.45, 7) is 1.95. The van der Waals surface area contributed by atoms with Gasteiger partial charge in [0, 0.05) is 34.9 Å². The summed E-state index contributed by atoms with van der Waals surface area (Å²) in [5.41, 5.74) is 0. The predicted molar refractivity (Wildman–Crippen MR) is 71.6 cm³/mol. The monoisotopic (exact) mass is 260 g/mol. The first kappa shape index (κ1) is 14.5. The van der Waals surface area contributed by atoms with Gasteiger partial charge in [0.2, 0.25) is 0 Å². The van der Waals surface area contributed by atoms with Crippen LogP contribution in [0.1, 0.15) is 45.4 Å². The van der Waals surface area contributed by atoms with E-state index < -0.39 is 10.8 Å². The fourth-order valence-electron chi connectivity index (χ4n) is 2.11. The first-order valence-corrected chi connectivity index (χ1v) is 8.17. The molecule has 0 aliphatic heterocycles. The van der Waals surface area contributed by atoms with Gasteiger partial charge in [-0.05, 0) is 26.2 Å². The predicted octanol–water partition coefficient (Wildman–Crippen LogP) is 1.78. The van der Waals surface area contributed by atoms with Gasteiger partial charge < -0.3 is 10.6 Å². The first-order chi connectivity index (χ1) is 8.08. The number of urea groups is 1. The Kier molecular flexibility index (Phi) is 6.55. The highest BCUT2D eigenvalue weighted by atomic mass is 32.2. The van der Waals surface area contributed by atoms with Gasteiger partial charge in [0.1, 0.15) is 0 Å². The molecule has 1 aliphatic carbocycles. The van der Waals surface area contributed by atoms with Gasteiger partial charge in [0.15, 0.2) is 0 Å². The minimum absolute atomic E-state index is 0.0775. The van der Waals surface area contributed by atoms with Crippen LogP contribution in [0.2, 0.25) is 0 Å². The molecule has 1 fully saturated rings. The molecule has 17 heavy (non-hydrogen) atoms. The highest BCUT2D eigenvalue weighted by Crippen LogP contribution is 2.17. The average molecular weight is 260 g/mol. The third-order valence-corrected chi connectivity index (χ3v) is 3.97. The molecule has 0 saturated heterocycles. The molecule has 2 unspecified atom stereocenters. The van der Waals surface area contributed by atoms with Crippen LogP contribution in [0, 0.1) is 0 Å². The molecule has 1 rings (SSSR count). The highest BCUT2D eigenvalue weighted by Gasteiger charge is 2.16. The molecule has 0 bridgehead atoms. The summed E-state index contributed by atoms with van der Waals surface area (Å²) in [4.78, 5) is 11.7. The van der Waals surface area contributed by atoms with Crippen LogP contribution in [0.3, 0.4) is 0 Å². The summed E-state index contributed by atoms with van der Waals surface area (Å²) >= 11 is 0. The van der Waals surface area contributed by atoms with E-state index in [1.807, 2.05) is 6.92 Å². The Labute approximate surface area is 106 Å². The summed E-state index contributed by atoms with van der Waals surface area (Å²) in [7, 11) is -0.779. The number of hydrogen-bond acceptors (Lipinski definition) is 2. The van der Waals surface area contributed by atoms with Gasteiger partial charge in [0.25, 0.3) is 0 Å². The zero-order valence-corrected chi connectivity index (χ0v) is 11.6. The fourth-order valence-corrected chi connectivity index (χ4v) is 2.80. The Morgan fingerprint density at radius 2 is 2.00 bits per heavy atom. The lowest BCUT2D eigenvalue weighted by atomic mass is 9.96. The third-order valence-electron chi connectivity index (χ3n) is 3.16. The van der Waals surface area contributed by atoms with E-state index in [9.17, 15) is 9.00 Å². The topological polar surface area (TPSA) is 58.2 Å². The molecule has 0 spiro atoms. The zero-order chi connectivity index (χ0) is 12.7. The SMILES string of the molecule is CC(CCS(C)=O)NC(=O)NC1CCCCC1. The normalized spacial score (nSPS) is 20.6. The van der Waals surface area contributed by atoms with Crippen molar-refractivity contribution in [3.63, 3.8) is 0 Å². The molecule has 0 aromatic heterocycles. The maximum absolute atomic E-state index is 11.7. The molecule has 0 heterocycles. The highest BCUT2D eigenvalue weighted by molar-refractivity contribution is 7.84. The van der Waals surface area contributed by atoms with E-state index in [4.69, 9.17) is 0 Å². The van der Waals surface area contributed by atoms with Gasteiger partial charge in [-0.2, -0.15) is 0 Å². The molecule has 0 aromatic rings. The molecule has 2 amide bonds. The first-order valence-electron chi connectivity index (χ1n) is 6.45. The lowest BCUT2D eigenvalue weighted by Gasteiger charge is -2.24. The Morgan fingerprint density at radius 3 is 2.59 bits per heavy atom. The molecular formula is C12H24N2O2S. The van der Waals surface area contributed by atoms with Crippen LogP contribution >= 0.6 is 0 Å². The summed E-state index contributed by atoms with van der Waals surface area (Å²) in [6.07, 6.45) is 8.38. The second-order valence-electron chi connectivity index (χ2n) is 4.92. The number of hydrogen-bond donors (Lipinski definition) is 2. The van der Waals surface area contributed by atoms with E-state index in [0.29, 0.717) is 11.8 Å². The van der Waals surface area contributed by atoms with E-state index >= 15 is 0 Å². The number of carbonyl (C=O) groups is 1. The maximum atomic E-state index is 11.7. The number of carbonyl (C=O) groups excluding carboxylic acids is 1. The van der Waals surface area contributed by atoms with Crippen LogP contribution in [0.25, 0.3) is 0 Å². The van der Waals surface area contributed by atoms with Crippen molar-refractivity contribution in [3.8, 4) is 0 Å². The van der Waals surface area contributed by atoms with Crippen LogP contribution in [-0.4, -0.2) is 34.3 Å². The second kappa shape index (κ2) is 7.69. The second-order valence-corrected chi connectivity index (χ2v) is 6.47. The fraction of sp³-hybridized carbons (Fsp3) is 0.917. The van der Waals surface area contributed by atoms with Gasteiger partial charge >= 0.3 is 6.03 Å². The van der Waals surface area contributed by atoms with E-state index in [-0.39, 0.29) is 12.1 Å². The van der Waals surface area contributed by atoms with Gasteiger partial charge in [-0.25, -0.2) is 4.79 Å². The Hall–Kier alpha value is -0.580. The van der Waals surface area contributed by atoms with Crippen molar-refractivity contribution in [1.82, 2.24) is 10.6 Å².